The van der Waals surface area contributed by atoms with Crippen molar-refractivity contribution >= 4 is 34.9 Å². The van der Waals surface area contributed by atoms with Gasteiger partial charge in [-0.25, -0.2) is 4.98 Å². The first-order chi connectivity index (χ1) is 11.0. The summed E-state index contributed by atoms with van der Waals surface area (Å²) in [6.45, 7) is 4.61. The van der Waals surface area contributed by atoms with Gasteiger partial charge in [0.2, 0.25) is 0 Å². The van der Waals surface area contributed by atoms with Gasteiger partial charge in [-0.2, -0.15) is 0 Å². The summed E-state index contributed by atoms with van der Waals surface area (Å²) < 4.78 is 0. The number of nitrogens with zero attached hydrogens (tertiary/aromatic N) is 2. The fourth-order valence-corrected chi connectivity index (χ4v) is 4.38. The van der Waals surface area contributed by atoms with Crippen LogP contribution in [0.25, 0.3) is 10.4 Å². The highest BCUT2D eigenvalue weighted by atomic mass is 32.2. The van der Waals surface area contributed by atoms with Crippen molar-refractivity contribution in [3.05, 3.63) is 40.5 Å². The van der Waals surface area contributed by atoms with E-state index < -0.39 is 11.3 Å². The maximum Gasteiger partial charge on any atom is 0.275 e. The summed E-state index contributed by atoms with van der Waals surface area (Å²) in [6.07, 6.45) is 0. The summed E-state index contributed by atoms with van der Waals surface area (Å²) in [5, 5.41) is -0.600. The molecule has 0 spiro atoms. The van der Waals surface area contributed by atoms with Gasteiger partial charge in [0.05, 0.1) is 10.4 Å². The molecule has 1 fully saturated rings. The van der Waals surface area contributed by atoms with Crippen molar-refractivity contribution in [2.45, 2.75) is 19.2 Å². The Kier molecular flexibility index (Phi) is 4.41. The van der Waals surface area contributed by atoms with Crippen LogP contribution in [0.2, 0.25) is 0 Å². The number of benzene rings is 1. The zero-order chi connectivity index (χ0) is 16.6. The fourth-order valence-electron chi connectivity index (χ4n) is 2.54. The second-order valence-corrected chi connectivity index (χ2v) is 7.50. The van der Waals surface area contributed by atoms with Gasteiger partial charge in [0.15, 0.2) is 5.37 Å². The van der Waals surface area contributed by atoms with Crippen LogP contribution in [0.4, 0.5) is 0 Å². The first-order valence-corrected chi connectivity index (χ1v) is 9.15. The van der Waals surface area contributed by atoms with Gasteiger partial charge in [-0.3, -0.25) is 9.59 Å². The van der Waals surface area contributed by atoms with Crippen LogP contribution in [0.3, 0.4) is 0 Å². The van der Waals surface area contributed by atoms with Gasteiger partial charge < -0.3 is 10.6 Å². The monoisotopic (exact) mass is 347 g/mol. The second kappa shape index (κ2) is 6.33. The molecule has 1 aliphatic heterocycles. The summed E-state index contributed by atoms with van der Waals surface area (Å²) in [7, 11) is 0. The van der Waals surface area contributed by atoms with E-state index in [1.54, 1.807) is 5.51 Å². The van der Waals surface area contributed by atoms with Crippen LogP contribution in [-0.2, 0) is 4.79 Å². The van der Waals surface area contributed by atoms with Crippen LogP contribution in [0.1, 0.15) is 21.6 Å². The molecule has 23 heavy (non-hydrogen) atoms. The molecule has 0 aliphatic carbocycles. The molecule has 0 radical (unpaired) electrons. The number of thiazole rings is 1. The number of rotatable bonds is 3. The maximum atomic E-state index is 12.8. The Bertz CT molecular complexity index is 772. The number of thioether (sulfide) groups is 1. The van der Waals surface area contributed by atoms with E-state index in [1.807, 2.05) is 19.1 Å². The molecule has 1 saturated heterocycles. The summed E-state index contributed by atoms with van der Waals surface area (Å²) in [5.41, 5.74) is 10.8. The first-order valence-electron chi connectivity index (χ1n) is 7.22. The number of hydrogen-bond acceptors (Lipinski definition) is 5. The van der Waals surface area contributed by atoms with Crippen LogP contribution in [-0.4, -0.2) is 39.4 Å². The largest absolute Gasteiger partial charge is 0.367 e. The van der Waals surface area contributed by atoms with Gasteiger partial charge in [0.25, 0.3) is 11.8 Å². The first kappa shape index (κ1) is 16.0. The number of aryl methyl sites for hydroxylation is 2. The van der Waals surface area contributed by atoms with Crippen molar-refractivity contribution in [3.8, 4) is 10.4 Å². The van der Waals surface area contributed by atoms with Gasteiger partial charge in [-0.1, -0.05) is 18.2 Å². The van der Waals surface area contributed by atoms with Crippen LogP contribution in [0, 0.1) is 13.8 Å². The number of amides is 2. The Labute approximate surface area is 142 Å². The minimum Gasteiger partial charge on any atom is -0.367 e. The quantitative estimate of drug-likeness (QED) is 0.925. The minimum absolute atomic E-state index is 0.228. The highest BCUT2D eigenvalue weighted by Gasteiger charge is 2.35. The van der Waals surface area contributed by atoms with Crippen molar-refractivity contribution in [2.24, 2.45) is 5.73 Å². The van der Waals surface area contributed by atoms with E-state index in [0.29, 0.717) is 18.0 Å². The van der Waals surface area contributed by atoms with Crippen LogP contribution < -0.4 is 5.73 Å². The van der Waals surface area contributed by atoms with E-state index in [9.17, 15) is 9.59 Å². The lowest BCUT2D eigenvalue weighted by Crippen LogP contribution is -2.42. The lowest BCUT2D eigenvalue weighted by molar-refractivity contribution is -0.119. The van der Waals surface area contributed by atoms with Crippen molar-refractivity contribution in [1.29, 1.82) is 0 Å². The summed E-state index contributed by atoms with van der Waals surface area (Å²) in [6, 6.07) is 6.09. The third kappa shape index (κ3) is 2.98. The van der Waals surface area contributed by atoms with E-state index in [1.165, 1.54) is 39.1 Å². The Morgan fingerprint density at radius 1 is 1.30 bits per heavy atom. The summed E-state index contributed by atoms with van der Waals surface area (Å²) in [5.74, 6) is -0.000259. The predicted molar refractivity (Wildman–Crippen MR) is 93.5 cm³/mol. The lowest BCUT2D eigenvalue weighted by Gasteiger charge is -2.20. The molecule has 3 rings (SSSR count). The molecule has 7 heteroatoms. The summed E-state index contributed by atoms with van der Waals surface area (Å²) >= 11 is 2.83. The van der Waals surface area contributed by atoms with Crippen molar-refractivity contribution < 1.29 is 9.59 Å². The van der Waals surface area contributed by atoms with Gasteiger partial charge in [0, 0.05) is 12.3 Å². The van der Waals surface area contributed by atoms with Crippen LogP contribution in [0.15, 0.2) is 23.7 Å². The molecule has 2 N–H and O–H groups in total. The molecule has 1 aromatic carbocycles. The van der Waals surface area contributed by atoms with Crippen LogP contribution >= 0.6 is 23.1 Å². The number of primary amides is 1. The molecular formula is C16H17N3O2S2. The minimum atomic E-state index is -0.600. The predicted octanol–water partition coefficient (Wildman–Crippen LogP) is 2.43. The molecule has 0 saturated carbocycles. The average Bonchev–Trinajstić information content (AvgIpc) is 3.17. The molecule has 1 unspecified atom stereocenters. The molecule has 1 atom stereocenters. The normalized spacial score (nSPS) is 17.5. The molecule has 5 nitrogen and oxygen atoms in total. The molecule has 0 bridgehead atoms. The molecule has 2 aromatic rings. The van der Waals surface area contributed by atoms with Crippen molar-refractivity contribution in [1.82, 2.24) is 9.88 Å². The van der Waals surface area contributed by atoms with Gasteiger partial charge >= 0.3 is 0 Å². The topological polar surface area (TPSA) is 76.3 Å². The fraction of sp³-hybridized carbons (Fsp3) is 0.312. The van der Waals surface area contributed by atoms with E-state index in [2.05, 4.69) is 18.0 Å². The van der Waals surface area contributed by atoms with E-state index >= 15 is 0 Å². The highest BCUT2D eigenvalue weighted by Crippen LogP contribution is 2.32. The summed E-state index contributed by atoms with van der Waals surface area (Å²) in [4.78, 5) is 30.9. The number of aromatic nitrogens is 1. The zero-order valence-electron chi connectivity index (χ0n) is 12.9. The number of carbonyl (C=O) groups excluding carboxylic acids is 2. The average molecular weight is 347 g/mol. The third-order valence-corrected chi connectivity index (χ3v) is 6.03. The van der Waals surface area contributed by atoms with Gasteiger partial charge in [0.1, 0.15) is 5.69 Å². The Morgan fingerprint density at radius 3 is 2.78 bits per heavy atom. The van der Waals surface area contributed by atoms with E-state index in [4.69, 9.17) is 5.73 Å². The second-order valence-electron chi connectivity index (χ2n) is 5.45. The third-order valence-electron chi connectivity index (χ3n) is 3.93. The number of carbonyl (C=O) groups is 2. The number of hydrogen-bond donors (Lipinski definition) is 1. The Hall–Kier alpha value is -1.86. The molecule has 120 valence electrons. The number of nitrogens with two attached hydrogens (primary N) is 1. The smallest absolute Gasteiger partial charge is 0.275 e. The van der Waals surface area contributed by atoms with Crippen molar-refractivity contribution in [3.63, 3.8) is 0 Å². The van der Waals surface area contributed by atoms with E-state index in [0.717, 1.165) is 10.4 Å². The van der Waals surface area contributed by atoms with Gasteiger partial charge in [-0.15, -0.1) is 23.1 Å². The van der Waals surface area contributed by atoms with Crippen molar-refractivity contribution in [2.75, 3.05) is 12.3 Å². The Balaban J connectivity index is 1.96. The maximum absolute atomic E-state index is 12.8. The Morgan fingerprint density at radius 2 is 2.09 bits per heavy atom. The lowest BCUT2D eigenvalue weighted by atomic mass is 10.0. The van der Waals surface area contributed by atoms with E-state index in [-0.39, 0.29) is 5.91 Å². The molecule has 1 aromatic heterocycles. The molecule has 1 aliphatic rings. The van der Waals surface area contributed by atoms with Crippen LogP contribution in [0.5, 0.6) is 0 Å². The molecule has 2 amide bonds. The molecule has 2 heterocycles. The zero-order valence-corrected chi connectivity index (χ0v) is 14.5. The van der Waals surface area contributed by atoms with Gasteiger partial charge in [-0.05, 0) is 30.5 Å². The molecular weight excluding hydrogens is 330 g/mol. The standard InChI is InChI=1S/C16H17N3O2S2/c1-9-3-4-11(7-10(9)2)13-12(18-8-23-13)15(21)19-5-6-22-16(19)14(17)20/h3-4,7-8,16H,5-6H2,1-2H3,(H2,17,20). The highest BCUT2D eigenvalue weighted by molar-refractivity contribution is 8.00. The SMILES string of the molecule is Cc1ccc(-c2scnc2C(=O)N2CCSC2C(N)=O)cc1C.